The van der Waals surface area contributed by atoms with Crippen molar-refractivity contribution in [1.82, 2.24) is 10.3 Å². The molecular formula is C21H16F4N2O4. The number of carbonyl (C=O) groups excluding carboxylic acids is 1. The highest BCUT2D eigenvalue weighted by molar-refractivity contribution is 5.96. The van der Waals surface area contributed by atoms with E-state index in [1.54, 1.807) is 12.1 Å². The first-order valence-electron chi connectivity index (χ1n) is 9.27. The molecular weight excluding hydrogens is 420 g/mol. The number of ether oxygens (including phenoxy) is 1. The lowest BCUT2D eigenvalue weighted by molar-refractivity contribution is -0.146. The third kappa shape index (κ3) is 3.67. The van der Waals surface area contributed by atoms with Crippen LogP contribution < -0.4 is 5.32 Å². The minimum atomic E-state index is -4.77. The fraction of sp³-hybridized carbons (Fsp3) is 0.286. The highest BCUT2D eigenvalue weighted by Gasteiger charge is 2.48. The van der Waals surface area contributed by atoms with Gasteiger partial charge in [0.1, 0.15) is 16.9 Å². The predicted molar refractivity (Wildman–Crippen MR) is 99.9 cm³/mol. The van der Waals surface area contributed by atoms with E-state index in [0.29, 0.717) is 23.6 Å². The molecule has 2 aromatic rings. The summed E-state index contributed by atoms with van der Waals surface area (Å²) in [6, 6.07) is 6.00. The normalized spacial score (nSPS) is 19.6. The highest BCUT2D eigenvalue weighted by Crippen LogP contribution is 2.36. The molecule has 162 valence electrons. The molecule has 0 saturated carbocycles. The molecule has 6 nitrogen and oxygen atoms in total. The van der Waals surface area contributed by atoms with Crippen molar-refractivity contribution in [2.75, 3.05) is 13.2 Å². The van der Waals surface area contributed by atoms with E-state index < -0.39 is 40.7 Å². The number of pyridine rings is 1. The van der Waals surface area contributed by atoms with Gasteiger partial charge in [0.25, 0.3) is 0 Å². The standard InChI is InChI=1S/C21H16F4N2O4/c22-15-5-6-16(15)27-19(30)20(9-31-10-20)12-3-1-11(2-4-12)14-8-26-17(21(23,24)25)7-13(14)18(28)29/h1-5,7-8,16H,6,9-10H2,(H,27,30)(H,28,29)/t16-/m0/s1. The Morgan fingerprint density at radius 3 is 2.32 bits per heavy atom. The summed E-state index contributed by atoms with van der Waals surface area (Å²) >= 11 is 0. The summed E-state index contributed by atoms with van der Waals surface area (Å²) in [6.07, 6.45) is -2.12. The van der Waals surface area contributed by atoms with Crippen molar-refractivity contribution in [2.45, 2.75) is 24.1 Å². The van der Waals surface area contributed by atoms with Crippen LogP contribution in [0.4, 0.5) is 17.6 Å². The van der Waals surface area contributed by atoms with Crippen LogP contribution in [0.2, 0.25) is 0 Å². The molecule has 1 saturated heterocycles. The maximum atomic E-state index is 13.4. The number of amides is 1. The molecule has 0 radical (unpaired) electrons. The number of nitrogens with zero attached hydrogens (tertiary/aromatic N) is 1. The van der Waals surface area contributed by atoms with Crippen molar-refractivity contribution >= 4 is 11.9 Å². The topological polar surface area (TPSA) is 88.5 Å². The second-order valence-electron chi connectivity index (χ2n) is 7.42. The fourth-order valence-corrected chi connectivity index (χ4v) is 3.47. The molecule has 2 N–H and O–H groups in total. The highest BCUT2D eigenvalue weighted by atomic mass is 19.4. The molecule has 1 aliphatic heterocycles. The first-order valence-corrected chi connectivity index (χ1v) is 9.27. The van der Waals surface area contributed by atoms with Crippen LogP contribution in [0.3, 0.4) is 0 Å². The zero-order valence-corrected chi connectivity index (χ0v) is 15.9. The average molecular weight is 436 g/mol. The zero-order valence-electron chi connectivity index (χ0n) is 15.9. The number of alkyl halides is 3. The first-order chi connectivity index (χ1) is 14.6. The van der Waals surface area contributed by atoms with Crippen LogP contribution in [0.5, 0.6) is 0 Å². The second kappa shape index (κ2) is 7.45. The molecule has 2 heterocycles. The van der Waals surface area contributed by atoms with E-state index in [1.807, 2.05) is 0 Å². The molecule has 31 heavy (non-hydrogen) atoms. The van der Waals surface area contributed by atoms with Crippen molar-refractivity contribution in [2.24, 2.45) is 0 Å². The Morgan fingerprint density at radius 1 is 1.19 bits per heavy atom. The number of halogens is 4. The van der Waals surface area contributed by atoms with Crippen LogP contribution in [0.25, 0.3) is 11.1 Å². The van der Waals surface area contributed by atoms with Gasteiger partial charge in [-0.05, 0) is 29.7 Å². The summed E-state index contributed by atoms with van der Waals surface area (Å²) in [5, 5.41) is 12.0. The van der Waals surface area contributed by atoms with Gasteiger partial charge in [-0.2, -0.15) is 13.2 Å². The quantitative estimate of drug-likeness (QED) is 0.701. The van der Waals surface area contributed by atoms with E-state index in [2.05, 4.69) is 10.3 Å². The van der Waals surface area contributed by atoms with E-state index >= 15 is 0 Å². The van der Waals surface area contributed by atoms with E-state index in [-0.39, 0.29) is 24.7 Å². The Hall–Kier alpha value is -3.27. The van der Waals surface area contributed by atoms with Crippen LogP contribution in [-0.4, -0.2) is 41.2 Å². The third-order valence-electron chi connectivity index (χ3n) is 5.49. The van der Waals surface area contributed by atoms with Crippen molar-refractivity contribution in [3.63, 3.8) is 0 Å². The van der Waals surface area contributed by atoms with Gasteiger partial charge in [-0.1, -0.05) is 24.3 Å². The molecule has 0 unspecified atom stereocenters. The Labute approximate surface area is 173 Å². The number of nitrogens with one attached hydrogen (secondary N) is 1. The number of hydrogen-bond acceptors (Lipinski definition) is 4. The predicted octanol–water partition coefficient (Wildman–Crippen LogP) is 3.48. The van der Waals surface area contributed by atoms with Gasteiger partial charge in [0, 0.05) is 11.8 Å². The van der Waals surface area contributed by atoms with Gasteiger partial charge in [-0.25, -0.2) is 9.18 Å². The number of carboxylic acids is 1. The largest absolute Gasteiger partial charge is 0.478 e. The molecule has 1 aliphatic carbocycles. The SMILES string of the molecule is O=C(O)c1cc(C(F)(F)F)ncc1-c1ccc(C2(C(=O)N[C@H]3CC=C3F)COC2)cc1. The maximum absolute atomic E-state index is 13.4. The number of aromatic carboxylic acids is 1. The van der Waals surface area contributed by atoms with Crippen molar-refractivity contribution in [3.05, 3.63) is 65.3 Å². The Morgan fingerprint density at radius 2 is 1.87 bits per heavy atom. The molecule has 0 bridgehead atoms. The van der Waals surface area contributed by atoms with Gasteiger partial charge in [0.05, 0.1) is 24.8 Å². The summed E-state index contributed by atoms with van der Waals surface area (Å²) in [6.45, 7) is 0.191. The lowest BCUT2D eigenvalue weighted by Crippen LogP contribution is -2.59. The summed E-state index contributed by atoms with van der Waals surface area (Å²) in [4.78, 5) is 27.6. The van der Waals surface area contributed by atoms with Gasteiger partial charge < -0.3 is 15.2 Å². The third-order valence-corrected chi connectivity index (χ3v) is 5.49. The van der Waals surface area contributed by atoms with E-state index in [1.165, 1.54) is 18.2 Å². The monoisotopic (exact) mass is 436 g/mol. The number of benzene rings is 1. The van der Waals surface area contributed by atoms with Crippen LogP contribution in [0.1, 0.15) is 28.0 Å². The van der Waals surface area contributed by atoms with Gasteiger partial charge in [-0.3, -0.25) is 9.78 Å². The van der Waals surface area contributed by atoms with Crippen molar-refractivity contribution < 1.29 is 37.0 Å². The van der Waals surface area contributed by atoms with E-state index in [9.17, 15) is 32.3 Å². The van der Waals surface area contributed by atoms with Gasteiger partial charge in [0.2, 0.25) is 5.91 Å². The van der Waals surface area contributed by atoms with Crippen LogP contribution in [0, 0.1) is 0 Å². The molecule has 0 spiro atoms. The lowest BCUT2D eigenvalue weighted by Gasteiger charge is -2.41. The minimum absolute atomic E-state index is 0.0112. The zero-order chi connectivity index (χ0) is 22.4. The number of carbonyl (C=O) groups is 2. The molecule has 1 amide bonds. The molecule has 4 rings (SSSR count). The molecule has 1 atom stereocenters. The molecule has 1 fully saturated rings. The average Bonchev–Trinajstić information content (AvgIpc) is 2.69. The summed E-state index contributed by atoms with van der Waals surface area (Å²) in [5.41, 5.74) is -1.95. The number of carboxylic acid groups (broad SMARTS) is 1. The van der Waals surface area contributed by atoms with Crippen LogP contribution in [-0.2, 0) is 21.1 Å². The van der Waals surface area contributed by atoms with Crippen LogP contribution >= 0.6 is 0 Å². The Balaban J connectivity index is 1.63. The maximum Gasteiger partial charge on any atom is 0.433 e. The van der Waals surface area contributed by atoms with Crippen molar-refractivity contribution in [3.8, 4) is 11.1 Å². The Bertz CT molecular complexity index is 1080. The van der Waals surface area contributed by atoms with Gasteiger partial charge in [0.15, 0.2) is 0 Å². The lowest BCUT2D eigenvalue weighted by atomic mass is 9.77. The molecule has 2 aliphatic rings. The van der Waals surface area contributed by atoms with Gasteiger partial charge in [-0.15, -0.1) is 0 Å². The smallest absolute Gasteiger partial charge is 0.433 e. The molecule has 10 heteroatoms. The fourth-order valence-electron chi connectivity index (χ4n) is 3.47. The minimum Gasteiger partial charge on any atom is -0.478 e. The summed E-state index contributed by atoms with van der Waals surface area (Å²) in [7, 11) is 0. The first kappa shape index (κ1) is 21.0. The van der Waals surface area contributed by atoms with E-state index in [4.69, 9.17) is 4.74 Å². The number of hydrogen-bond donors (Lipinski definition) is 2. The molecule has 1 aromatic carbocycles. The second-order valence-corrected chi connectivity index (χ2v) is 7.42. The van der Waals surface area contributed by atoms with Gasteiger partial charge >= 0.3 is 12.1 Å². The van der Waals surface area contributed by atoms with Crippen LogP contribution in [0.15, 0.2) is 48.4 Å². The number of rotatable bonds is 5. The van der Waals surface area contributed by atoms with E-state index in [0.717, 1.165) is 6.20 Å². The summed E-state index contributed by atoms with van der Waals surface area (Å²) < 4.78 is 57.3. The number of aromatic nitrogens is 1. The van der Waals surface area contributed by atoms with Crippen molar-refractivity contribution in [1.29, 1.82) is 0 Å². The Kier molecular flexibility index (Phi) is 5.04. The summed E-state index contributed by atoms with van der Waals surface area (Å²) in [5.74, 6) is -2.30. The molecule has 1 aromatic heterocycles.